The van der Waals surface area contributed by atoms with Crippen LogP contribution in [-0.4, -0.2) is 13.1 Å². The molecule has 0 spiro atoms. The molecule has 3 nitrogen and oxygen atoms in total. The summed E-state index contributed by atoms with van der Waals surface area (Å²) in [5.41, 5.74) is 5.92. The van der Waals surface area contributed by atoms with Crippen molar-refractivity contribution in [3.05, 3.63) is 21.3 Å². The number of thiophene rings is 1. The largest absolute Gasteiger partial charge is 0.469 e. The van der Waals surface area contributed by atoms with Crippen molar-refractivity contribution in [3.8, 4) is 0 Å². The number of carbonyl (C=O) groups is 1. The van der Waals surface area contributed by atoms with Crippen LogP contribution in [0.2, 0.25) is 5.02 Å². The molecule has 0 saturated heterocycles. The van der Waals surface area contributed by atoms with Crippen molar-refractivity contribution < 1.29 is 9.53 Å². The zero-order valence-electron chi connectivity index (χ0n) is 10.3. The van der Waals surface area contributed by atoms with Crippen LogP contribution in [0.1, 0.15) is 37.6 Å². The Balaban J connectivity index is 2.64. The lowest BCUT2D eigenvalue weighted by molar-refractivity contribution is -0.143. The maximum absolute atomic E-state index is 11.3. The van der Waals surface area contributed by atoms with Crippen LogP contribution in [0.3, 0.4) is 0 Å². The minimum absolute atomic E-state index is 0.137. The van der Waals surface area contributed by atoms with Gasteiger partial charge >= 0.3 is 5.97 Å². The summed E-state index contributed by atoms with van der Waals surface area (Å²) in [6.45, 7) is 4.01. The van der Waals surface area contributed by atoms with Gasteiger partial charge in [-0.2, -0.15) is 0 Å². The second-order valence-electron chi connectivity index (χ2n) is 4.86. The molecule has 0 fully saturated rings. The minimum atomic E-state index is -0.209. The number of hydrogen-bond acceptors (Lipinski definition) is 4. The van der Waals surface area contributed by atoms with E-state index in [1.54, 1.807) is 11.3 Å². The van der Waals surface area contributed by atoms with E-state index in [1.165, 1.54) is 7.11 Å². The molecule has 0 bridgehead atoms. The summed E-state index contributed by atoms with van der Waals surface area (Å²) < 4.78 is 4.68. The Bertz CT molecular complexity index is 390. The first-order valence-electron chi connectivity index (χ1n) is 5.41. The van der Waals surface area contributed by atoms with Gasteiger partial charge in [-0.3, -0.25) is 4.79 Å². The fraction of sp³-hybridized carbons (Fsp3) is 0.583. The second kappa shape index (κ2) is 5.85. The highest BCUT2D eigenvalue weighted by Gasteiger charge is 2.27. The first kappa shape index (κ1) is 14.5. The van der Waals surface area contributed by atoms with Gasteiger partial charge in [0, 0.05) is 10.9 Å². The van der Waals surface area contributed by atoms with Crippen LogP contribution in [0.4, 0.5) is 0 Å². The number of rotatable bonds is 5. The fourth-order valence-electron chi connectivity index (χ4n) is 1.79. The van der Waals surface area contributed by atoms with Crippen LogP contribution in [0, 0.1) is 5.41 Å². The number of hydrogen-bond donors (Lipinski definition) is 1. The SMILES string of the molecule is COC(=O)CC(C)(C)CC(N)c1sccc1Cl. The molecular formula is C12H18ClNO2S. The molecule has 0 aliphatic rings. The third kappa shape index (κ3) is 4.30. The van der Waals surface area contributed by atoms with E-state index in [0.29, 0.717) is 17.9 Å². The molecule has 1 heterocycles. The quantitative estimate of drug-likeness (QED) is 0.838. The number of nitrogens with two attached hydrogens (primary N) is 1. The molecule has 1 aromatic rings. The molecule has 0 amide bonds. The molecule has 0 saturated carbocycles. The average Bonchev–Trinajstić information content (AvgIpc) is 2.62. The highest BCUT2D eigenvalue weighted by Crippen LogP contribution is 2.36. The lowest BCUT2D eigenvalue weighted by atomic mass is 9.82. The number of methoxy groups -OCH3 is 1. The summed E-state index contributed by atoms with van der Waals surface area (Å²) in [5.74, 6) is -0.209. The maximum atomic E-state index is 11.3. The van der Waals surface area contributed by atoms with Gasteiger partial charge in [-0.25, -0.2) is 0 Å². The van der Waals surface area contributed by atoms with Crippen molar-refractivity contribution in [1.82, 2.24) is 0 Å². The third-order valence-electron chi connectivity index (χ3n) is 2.60. The molecule has 96 valence electrons. The first-order valence-corrected chi connectivity index (χ1v) is 6.67. The zero-order valence-corrected chi connectivity index (χ0v) is 11.9. The molecule has 17 heavy (non-hydrogen) atoms. The minimum Gasteiger partial charge on any atom is -0.469 e. The molecule has 1 rings (SSSR count). The third-order valence-corrected chi connectivity index (χ3v) is 4.10. The van der Waals surface area contributed by atoms with Crippen molar-refractivity contribution >= 4 is 28.9 Å². The van der Waals surface area contributed by atoms with Crippen molar-refractivity contribution in [2.24, 2.45) is 11.1 Å². The average molecular weight is 276 g/mol. The van der Waals surface area contributed by atoms with Crippen molar-refractivity contribution in [1.29, 1.82) is 0 Å². The zero-order chi connectivity index (χ0) is 13.1. The number of carbonyl (C=O) groups excluding carboxylic acids is 1. The molecule has 1 aromatic heterocycles. The van der Waals surface area contributed by atoms with Crippen molar-refractivity contribution in [2.75, 3.05) is 7.11 Å². The monoisotopic (exact) mass is 275 g/mol. The molecule has 5 heteroatoms. The molecular weight excluding hydrogens is 258 g/mol. The Morgan fingerprint density at radius 2 is 2.29 bits per heavy atom. The van der Waals surface area contributed by atoms with Gasteiger partial charge in [-0.05, 0) is 23.3 Å². The van der Waals surface area contributed by atoms with Crippen molar-refractivity contribution in [2.45, 2.75) is 32.7 Å². The van der Waals surface area contributed by atoms with Crippen LogP contribution in [-0.2, 0) is 9.53 Å². The van der Waals surface area contributed by atoms with Crippen LogP contribution in [0.25, 0.3) is 0 Å². The van der Waals surface area contributed by atoms with Gasteiger partial charge in [-0.15, -0.1) is 11.3 Å². The van der Waals surface area contributed by atoms with Gasteiger partial charge in [0.05, 0.1) is 18.6 Å². The Morgan fingerprint density at radius 1 is 1.65 bits per heavy atom. The predicted octanol–water partition coefficient (Wildman–Crippen LogP) is 3.38. The van der Waals surface area contributed by atoms with Crippen LogP contribution < -0.4 is 5.73 Å². The Labute approximate surface area is 111 Å². The number of halogens is 1. The first-order chi connectivity index (χ1) is 7.85. The van der Waals surface area contributed by atoms with Crippen LogP contribution >= 0.6 is 22.9 Å². The van der Waals surface area contributed by atoms with E-state index >= 15 is 0 Å². The van der Waals surface area contributed by atoms with Gasteiger partial charge in [-0.1, -0.05) is 25.4 Å². The highest BCUT2D eigenvalue weighted by molar-refractivity contribution is 7.10. The summed E-state index contributed by atoms with van der Waals surface area (Å²) in [4.78, 5) is 12.3. The van der Waals surface area contributed by atoms with Crippen LogP contribution in [0.15, 0.2) is 11.4 Å². The van der Waals surface area contributed by atoms with E-state index in [-0.39, 0.29) is 17.4 Å². The van der Waals surface area contributed by atoms with E-state index in [1.807, 2.05) is 25.3 Å². The van der Waals surface area contributed by atoms with Crippen molar-refractivity contribution in [3.63, 3.8) is 0 Å². The summed E-state index contributed by atoms with van der Waals surface area (Å²) in [7, 11) is 1.40. The van der Waals surface area contributed by atoms with E-state index in [4.69, 9.17) is 17.3 Å². The fourth-order valence-corrected chi connectivity index (χ4v) is 2.99. The molecule has 0 aliphatic heterocycles. The molecule has 2 N–H and O–H groups in total. The molecule has 0 aromatic carbocycles. The summed E-state index contributed by atoms with van der Waals surface area (Å²) in [5, 5.41) is 2.63. The van der Waals surface area contributed by atoms with E-state index in [9.17, 15) is 4.79 Å². The predicted molar refractivity (Wildman–Crippen MR) is 71.3 cm³/mol. The highest BCUT2D eigenvalue weighted by atomic mass is 35.5. The molecule has 0 aliphatic carbocycles. The topological polar surface area (TPSA) is 52.3 Å². The van der Waals surface area contributed by atoms with Gasteiger partial charge in [0.2, 0.25) is 0 Å². The Hall–Kier alpha value is -0.580. The lowest BCUT2D eigenvalue weighted by Crippen LogP contribution is -2.24. The summed E-state index contributed by atoms with van der Waals surface area (Å²) in [6.07, 6.45) is 1.06. The normalized spacial score (nSPS) is 13.5. The standard InChI is InChI=1S/C12H18ClNO2S/c1-12(2,7-10(15)16-3)6-9(14)11-8(13)4-5-17-11/h4-5,9H,6-7,14H2,1-3H3. The second-order valence-corrected chi connectivity index (χ2v) is 6.22. The lowest BCUT2D eigenvalue weighted by Gasteiger charge is -2.26. The van der Waals surface area contributed by atoms with Gasteiger partial charge in [0.1, 0.15) is 0 Å². The van der Waals surface area contributed by atoms with E-state index in [2.05, 4.69) is 4.74 Å². The van der Waals surface area contributed by atoms with E-state index in [0.717, 1.165) is 4.88 Å². The van der Waals surface area contributed by atoms with Gasteiger partial charge in [0.15, 0.2) is 0 Å². The van der Waals surface area contributed by atoms with Crippen LogP contribution in [0.5, 0.6) is 0 Å². The summed E-state index contributed by atoms with van der Waals surface area (Å²) in [6, 6.07) is 1.71. The molecule has 0 radical (unpaired) electrons. The molecule has 1 unspecified atom stereocenters. The van der Waals surface area contributed by atoms with Gasteiger partial charge in [0.25, 0.3) is 0 Å². The number of ether oxygens (including phenoxy) is 1. The Kier molecular flexibility index (Phi) is 4.98. The maximum Gasteiger partial charge on any atom is 0.306 e. The summed E-state index contributed by atoms with van der Waals surface area (Å²) >= 11 is 7.59. The molecule has 1 atom stereocenters. The number of esters is 1. The Morgan fingerprint density at radius 3 is 2.76 bits per heavy atom. The van der Waals surface area contributed by atoms with Gasteiger partial charge < -0.3 is 10.5 Å². The smallest absolute Gasteiger partial charge is 0.306 e. The van der Waals surface area contributed by atoms with E-state index < -0.39 is 0 Å².